The number of carboxylic acids is 1. The van der Waals surface area contributed by atoms with Crippen LogP contribution in [0.5, 0.6) is 0 Å². The third-order valence-electron chi connectivity index (χ3n) is 4.21. The van der Waals surface area contributed by atoms with Gasteiger partial charge < -0.3 is 9.90 Å². The van der Waals surface area contributed by atoms with E-state index in [0.29, 0.717) is 27.2 Å². The molecule has 0 bridgehead atoms. The van der Waals surface area contributed by atoms with E-state index in [1.165, 1.54) is 12.3 Å². The summed E-state index contributed by atoms with van der Waals surface area (Å²) in [5.41, 5.74) is 2.65. The number of rotatable bonds is 3. The highest BCUT2D eigenvalue weighted by molar-refractivity contribution is 6.34. The first-order chi connectivity index (χ1) is 13.0. The predicted molar refractivity (Wildman–Crippen MR) is 94.9 cm³/mol. The largest absolute Gasteiger partial charge is 0.548 e. The Labute approximate surface area is 153 Å². The van der Waals surface area contributed by atoms with Gasteiger partial charge in [0.05, 0.1) is 41.0 Å². The van der Waals surface area contributed by atoms with Gasteiger partial charge in [0.1, 0.15) is 0 Å². The minimum atomic E-state index is -1.51. The van der Waals surface area contributed by atoms with E-state index in [1.54, 1.807) is 30.3 Å². The first kappa shape index (κ1) is 16.6. The molecule has 0 fully saturated rings. The molecule has 27 heavy (non-hydrogen) atoms. The highest BCUT2D eigenvalue weighted by Gasteiger charge is 2.34. The SMILES string of the molecule is O=C([O-])CN1C(=O)/C(=C\c2cnc3ccccc3n2)c2ccccc2C1=O. The van der Waals surface area contributed by atoms with Gasteiger partial charge in [0, 0.05) is 11.1 Å². The minimum Gasteiger partial charge on any atom is -0.548 e. The second-order valence-electron chi connectivity index (χ2n) is 5.96. The summed E-state index contributed by atoms with van der Waals surface area (Å²) in [5.74, 6) is -2.89. The molecule has 0 aliphatic carbocycles. The Hall–Kier alpha value is -3.87. The van der Waals surface area contributed by atoms with Crippen molar-refractivity contribution in [1.82, 2.24) is 14.9 Å². The molecular formula is C20H12N3O4-. The number of aliphatic carboxylic acids is 1. The second-order valence-corrected chi connectivity index (χ2v) is 5.96. The Morgan fingerprint density at radius 3 is 2.37 bits per heavy atom. The maximum atomic E-state index is 12.8. The fraction of sp³-hybridized carbons (Fsp3) is 0.0500. The molecule has 0 saturated heterocycles. The Morgan fingerprint density at radius 2 is 1.63 bits per heavy atom. The van der Waals surface area contributed by atoms with Gasteiger partial charge in [-0.1, -0.05) is 30.3 Å². The van der Waals surface area contributed by atoms with Crippen molar-refractivity contribution in [2.45, 2.75) is 0 Å². The number of fused-ring (bicyclic) bond motifs is 2. The van der Waals surface area contributed by atoms with Crippen LogP contribution in [0.4, 0.5) is 0 Å². The molecule has 2 amide bonds. The maximum absolute atomic E-state index is 12.8. The molecule has 0 atom stereocenters. The number of benzene rings is 2. The molecule has 2 aromatic carbocycles. The first-order valence-electron chi connectivity index (χ1n) is 8.13. The zero-order valence-electron chi connectivity index (χ0n) is 14.0. The minimum absolute atomic E-state index is 0.177. The number of imide groups is 1. The van der Waals surface area contributed by atoms with E-state index in [0.717, 1.165) is 0 Å². The summed E-state index contributed by atoms with van der Waals surface area (Å²) in [6.07, 6.45) is 3.03. The van der Waals surface area contributed by atoms with Gasteiger partial charge in [-0.3, -0.25) is 19.5 Å². The van der Waals surface area contributed by atoms with Crippen LogP contribution in [-0.2, 0) is 9.59 Å². The Morgan fingerprint density at radius 1 is 0.963 bits per heavy atom. The lowest BCUT2D eigenvalue weighted by atomic mass is 9.93. The lowest BCUT2D eigenvalue weighted by Gasteiger charge is -2.28. The van der Waals surface area contributed by atoms with Crippen LogP contribution < -0.4 is 5.11 Å². The van der Waals surface area contributed by atoms with Crippen molar-refractivity contribution >= 4 is 40.5 Å². The van der Waals surface area contributed by atoms with Crippen molar-refractivity contribution in [3.63, 3.8) is 0 Å². The van der Waals surface area contributed by atoms with Crippen LogP contribution in [0.25, 0.3) is 22.7 Å². The number of amides is 2. The van der Waals surface area contributed by atoms with Crippen LogP contribution >= 0.6 is 0 Å². The summed E-state index contributed by atoms with van der Waals surface area (Å²) >= 11 is 0. The molecule has 132 valence electrons. The van der Waals surface area contributed by atoms with Gasteiger partial charge in [0.15, 0.2) is 0 Å². The van der Waals surface area contributed by atoms with E-state index < -0.39 is 24.3 Å². The molecule has 1 aliphatic heterocycles. The molecule has 0 spiro atoms. The third-order valence-corrected chi connectivity index (χ3v) is 4.21. The lowest BCUT2D eigenvalue weighted by molar-refractivity contribution is -0.305. The van der Waals surface area contributed by atoms with Gasteiger partial charge in [-0.05, 0) is 24.3 Å². The summed E-state index contributed by atoms with van der Waals surface area (Å²) in [7, 11) is 0. The summed E-state index contributed by atoms with van der Waals surface area (Å²) in [6, 6.07) is 13.8. The van der Waals surface area contributed by atoms with Gasteiger partial charge >= 0.3 is 0 Å². The number of hydrogen-bond acceptors (Lipinski definition) is 6. The molecule has 0 saturated carbocycles. The smallest absolute Gasteiger partial charge is 0.261 e. The molecule has 4 rings (SSSR count). The molecule has 7 heteroatoms. The quantitative estimate of drug-likeness (QED) is 0.509. The van der Waals surface area contributed by atoms with Crippen LogP contribution in [0.1, 0.15) is 21.6 Å². The molecular weight excluding hydrogens is 346 g/mol. The fourth-order valence-corrected chi connectivity index (χ4v) is 3.00. The summed E-state index contributed by atoms with van der Waals surface area (Å²) < 4.78 is 0. The molecule has 7 nitrogen and oxygen atoms in total. The van der Waals surface area contributed by atoms with E-state index in [9.17, 15) is 19.5 Å². The van der Waals surface area contributed by atoms with Crippen molar-refractivity contribution in [2.24, 2.45) is 0 Å². The molecule has 0 unspecified atom stereocenters. The normalized spacial score (nSPS) is 15.3. The van der Waals surface area contributed by atoms with Crippen LogP contribution in [-0.4, -0.2) is 39.2 Å². The van der Waals surface area contributed by atoms with Crippen molar-refractivity contribution in [3.8, 4) is 0 Å². The summed E-state index contributed by atoms with van der Waals surface area (Å²) in [4.78, 5) is 45.7. The van der Waals surface area contributed by atoms with Gasteiger partial charge in [0.2, 0.25) is 0 Å². The molecule has 3 aromatic rings. The van der Waals surface area contributed by atoms with Gasteiger partial charge in [0.25, 0.3) is 11.8 Å². The molecule has 0 radical (unpaired) electrons. The number of carboxylic acid groups (broad SMARTS) is 1. The van der Waals surface area contributed by atoms with Crippen molar-refractivity contribution in [2.75, 3.05) is 6.54 Å². The lowest BCUT2D eigenvalue weighted by Crippen LogP contribution is -2.47. The topological polar surface area (TPSA) is 103 Å². The third kappa shape index (κ3) is 2.95. The van der Waals surface area contributed by atoms with E-state index in [-0.39, 0.29) is 11.1 Å². The molecule has 1 aliphatic rings. The fourth-order valence-electron chi connectivity index (χ4n) is 3.00. The standard InChI is InChI=1S/C20H13N3O4/c24-18(25)11-23-19(26)14-6-2-1-5-13(14)15(20(23)27)9-12-10-21-16-7-3-4-8-17(16)22-12/h1-10H,11H2,(H,24,25)/p-1/b15-9-. The predicted octanol–water partition coefficient (Wildman–Crippen LogP) is 0.903. The summed E-state index contributed by atoms with van der Waals surface area (Å²) in [5, 5.41) is 11.0. The zero-order valence-corrected chi connectivity index (χ0v) is 14.0. The number of para-hydroxylation sites is 2. The average Bonchev–Trinajstić information content (AvgIpc) is 2.68. The van der Waals surface area contributed by atoms with Crippen LogP contribution in [0, 0.1) is 0 Å². The van der Waals surface area contributed by atoms with E-state index >= 15 is 0 Å². The zero-order chi connectivity index (χ0) is 19.0. The molecule has 1 aromatic heterocycles. The van der Waals surface area contributed by atoms with Crippen LogP contribution in [0.2, 0.25) is 0 Å². The highest BCUT2D eigenvalue weighted by Crippen LogP contribution is 2.30. The Bertz CT molecular complexity index is 1140. The van der Waals surface area contributed by atoms with E-state index in [2.05, 4.69) is 9.97 Å². The van der Waals surface area contributed by atoms with E-state index in [4.69, 9.17) is 0 Å². The number of aromatic nitrogens is 2. The van der Waals surface area contributed by atoms with Crippen molar-refractivity contribution in [1.29, 1.82) is 0 Å². The maximum Gasteiger partial charge on any atom is 0.261 e. The average molecular weight is 358 g/mol. The number of carbonyl (C=O) groups excluding carboxylic acids is 3. The second kappa shape index (κ2) is 6.45. The molecule has 0 N–H and O–H groups in total. The number of hydrogen-bond donors (Lipinski definition) is 0. The molecule has 2 heterocycles. The van der Waals surface area contributed by atoms with Crippen LogP contribution in [0.15, 0.2) is 54.7 Å². The number of carbonyl (C=O) groups is 3. The highest BCUT2D eigenvalue weighted by atomic mass is 16.4. The van der Waals surface area contributed by atoms with Crippen molar-refractivity contribution in [3.05, 3.63) is 71.5 Å². The Kier molecular flexibility index (Phi) is 3.97. The Balaban J connectivity index is 1.87. The number of nitrogens with zero attached hydrogens (tertiary/aromatic N) is 3. The van der Waals surface area contributed by atoms with E-state index in [1.807, 2.05) is 18.2 Å². The monoisotopic (exact) mass is 358 g/mol. The van der Waals surface area contributed by atoms with Gasteiger partial charge in [-0.25, -0.2) is 4.98 Å². The van der Waals surface area contributed by atoms with Gasteiger partial charge in [-0.15, -0.1) is 0 Å². The first-order valence-corrected chi connectivity index (χ1v) is 8.13. The van der Waals surface area contributed by atoms with Crippen molar-refractivity contribution < 1.29 is 19.5 Å². The van der Waals surface area contributed by atoms with Crippen LogP contribution in [0.3, 0.4) is 0 Å². The summed E-state index contributed by atoms with van der Waals surface area (Å²) in [6.45, 7) is -0.813. The van der Waals surface area contributed by atoms with Gasteiger partial charge in [-0.2, -0.15) is 0 Å².